The minimum atomic E-state index is -1.02. The summed E-state index contributed by atoms with van der Waals surface area (Å²) < 4.78 is 0. The van der Waals surface area contributed by atoms with Gasteiger partial charge in [-0.25, -0.2) is 9.59 Å². The van der Waals surface area contributed by atoms with Gasteiger partial charge in [-0.2, -0.15) is 0 Å². The van der Waals surface area contributed by atoms with Crippen molar-refractivity contribution in [2.75, 3.05) is 6.54 Å². The van der Waals surface area contributed by atoms with Crippen LogP contribution in [0.2, 0.25) is 0 Å². The smallest absolute Gasteiger partial charge is 0.326 e. The first-order valence-electron chi connectivity index (χ1n) is 4.56. The Morgan fingerprint density at radius 1 is 1.36 bits per heavy atom. The molecule has 3 N–H and O–H groups in total. The summed E-state index contributed by atoms with van der Waals surface area (Å²) in [4.78, 5) is 22.0. The maximum Gasteiger partial charge on any atom is 0.326 e. The van der Waals surface area contributed by atoms with Gasteiger partial charge in [0.2, 0.25) is 0 Å². The molecule has 0 spiro atoms. The molecule has 5 heteroatoms. The molecule has 0 aliphatic heterocycles. The number of carboxylic acids is 1. The average molecular weight is 202 g/mol. The molecule has 14 heavy (non-hydrogen) atoms. The Balaban J connectivity index is 4.40. The van der Waals surface area contributed by atoms with Crippen LogP contribution in [0, 0.1) is 5.41 Å². The van der Waals surface area contributed by atoms with Crippen LogP contribution in [-0.4, -0.2) is 29.7 Å². The Morgan fingerprint density at radius 3 is 2.14 bits per heavy atom. The Morgan fingerprint density at radius 2 is 1.86 bits per heavy atom. The number of aliphatic carboxylic acids is 1. The van der Waals surface area contributed by atoms with Gasteiger partial charge >= 0.3 is 12.0 Å². The molecule has 1 unspecified atom stereocenters. The Kier molecular flexibility index (Phi) is 4.40. The maximum atomic E-state index is 11.1. The fourth-order valence-corrected chi connectivity index (χ4v) is 0.991. The van der Waals surface area contributed by atoms with E-state index < -0.39 is 23.5 Å². The molecule has 0 heterocycles. The molecule has 0 aromatic heterocycles. The van der Waals surface area contributed by atoms with Gasteiger partial charge in [0.1, 0.15) is 6.04 Å². The number of carbonyl (C=O) groups excluding carboxylic acids is 1. The van der Waals surface area contributed by atoms with Crippen LogP contribution in [0.5, 0.6) is 0 Å². The lowest BCUT2D eigenvalue weighted by molar-refractivity contribution is -0.141. The molecule has 0 aromatic carbocycles. The van der Waals surface area contributed by atoms with Gasteiger partial charge < -0.3 is 15.7 Å². The number of amides is 2. The zero-order chi connectivity index (χ0) is 11.4. The summed E-state index contributed by atoms with van der Waals surface area (Å²) >= 11 is 0. The minimum Gasteiger partial charge on any atom is -0.480 e. The molecule has 0 saturated heterocycles. The molecule has 0 rings (SSSR count). The Hall–Kier alpha value is -1.26. The summed E-state index contributed by atoms with van der Waals surface area (Å²) in [5, 5.41) is 13.8. The van der Waals surface area contributed by atoms with Crippen LogP contribution in [0.1, 0.15) is 27.7 Å². The SMILES string of the molecule is CCNC(=O)NC(C(=O)O)C(C)(C)C. The van der Waals surface area contributed by atoms with Gasteiger partial charge in [-0.1, -0.05) is 20.8 Å². The first kappa shape index (κ1) is 12.7. The van der Waals surface area contributed by atoms with Gasteiger partial charge in [0.25, 0.3) is 0 Å². The highest BCUT2D eigenvalue weighted by Crippen LogP contribution is 2.19. The van der Waals surface area contributed by atoms with E-state index in [2.05, 4.69) is 10.6 Å². The number of nitrogens with one attached hydrogen (secondary N) is 2. The molecule has 1 atom stereocenters. The van der Waals surface area contributed by atoms with E-state index in [4.69, 9.17) is 5.11 Å². The average Bonchev–Trinajstić information content (AvgIpc) is 1.98. The molecule has 0 aliphatic carbocycles. The van der Waals surface area contributed by atoms with E-state index in [9.17, 15) is 9.59 Å². The molecular formula is C9H18N2O3. The van der Waals surface area contributed by atoms with Crippen LogP contribution < -0.4 is 10.6 Å². The third-order valence-corrected chi connectivity index (χ3v) is 1.73. The Bertz CT molecular complexity index is 221. The number of rotatable bonds is 3. The highest BCUT2D eigenvalue weighted by atomic mass is 16.4. The second-order valence-corrected chi connectivity index (χ2v) is 4.14. The van der Waals surface area contributed by atoms with Gasteiger partial charge in [0.05, 0.1) is 0 Å². The number of hydrogen-bond acceptors (Lipinski definition) is 2. The molecule has 0 aromatic rings. The zero-order valence-electron chi connectivity index (χ0n) is 9.05. The minimum absolute atomic E-state index is 0.449. The lowest BCUT2D eigenvalue weighted by atomic mass is 9.87. The summed E-state index contributed by atoms with van der Waals surface area (Å²) in [6, 6.07) is -1.33. The topological polar surface area (TPSA) is 78.4 Å². The first-order valence-corrected chi connectivity index (χ1v) is 4.56. The fraction of sp³-hybridized carbons (Fsp3) is 0.778. The predicted molar refractivity (Wildman–Crippen MR) is 53.1 cm³/mol. The van der Waals surface area contributed by atoms with E-state index in [0.717, 1.165) is 0 Å². The molecule has 5 nitrogen and oxygen atoms in total. The van der Waals surface area contributed by atoms with E-state index in [0.29, 0.717) is 6.54 Å². The molecule has 82 valence electrons. The van der Waals surface area contributed by atoms with Gasteiger partial charge in [-0.15, -0.1) is 0 Å². The van der Waals surface area contributed by atoms with Crippen LogP contribution in [0.4, 0.5) is 4.79 Å². The lowest BCUT2D eigenvalue weighted by Gasteiger charge is -2.27. The maximum absolute atomic E-state index is 11.1. The zero-order valence-corrected chi connectivity index (χ0v) is 9.05. The highest BCUT2D eigenvalue weighted by molar-refractivity contribution is 5.83. The second kappa shape index (κ2) is 4.83. The summed E-state index contributed by atoms with van der Waals surface area (Å²) in [7, 11) is 0. The molecule has 0 fully saturated rings. The second-order valence-electron chi connectivity index (χ2n) is 4.14. The third kappa shape index (κ3) is 4.11. The van der Waals surface area contributed by atoms with Crippen LogP contribution in [-0.2, 0) is 4.79 Å². The van der Waals surface area contributed by atoms with Crippen molar-refractivity contribution in [1.29, 1.82) is 0 Å². The highest BCUT2D eigenvalue weighted by Gasteiger charge is 2.32. The Labute approximate surface area is 83.9 Å². The van der Waals surface area contributed by atoms with E-state index >= 15 is 0 Å². The van der Waals surface area contributed by atoms with Crippen molar-refractivity contribution in [1.82, 2.24) is 10.6 Å². The van der Waals surface area contributed by atoms with Gasteiger partial charge in [0, 0.05) is 6.54 Å². The van der Waals surface area contributed by atoms with Crippen LogP contribution >= 0.6 is 0 Å². The number of carboxylic acid groups (broad SMARTS) is 1. The van der Waals surface area contributed by atoms with Gasteiger partial charge in [0.15, 0.2) is 0 Å². The van der Waals surface area contributed by atoms with E-state index in [-0.39, 0.29) is 0 Å². The third-order valence-electron chi connectivity index (χ3n) is 1.73. The van der Waals surface area contributed by atoms with Crippen LogP contribution in [0.15, 0.2) is 0 Å². The van der Waals surface area contributed by atoms with Crippen molar-refractivity contribution < 1.29 is 14.7 Å². The summed E-state index contributed by atoms with van der Waals surface area (Å²) in [6.45, 7) is 7.53. The van der Waals surface area contributed by atoms with Crippen molar-refractivity contribution >= 4 is 12.0 Å². The van der Waals surface area contributed by atoms with E-state index in [1.54, 1.807) is 27.7 Å². The van der Waals surface area contributed by atoms with Crippen molar-refractivity contribution in [2.24, 2.45) is 5.41 Å². The van der Waals surface area contributed by atoms with Crippen molar-refractivity contribution in [3.8, 4) is 0 Å². The fourth-order valence-electron chi connectivity index (χ4n) is 0.991. The summed E-state index contributed by atoms with van der Waals surface area (Å²) in [5.74, 6) is -1.02. The summed E-state index contributed by atoms with van der Waals surface area (Å²) in [5.41, 5.74) is -0.503. The first-order chi connectivity index (χ1) is 6.29. The molecule has 0 aliphatic rings. The molecule has 0 bridgehead atoms. The standard InChI is InChI=1S/C9H18N2O3/c1-5-10-8(14)11-6(7(12)13)9(2,3)4/h6H,5H2,1-4H3,(H,12,13)(H2,10,11,14). The number of hydrogen-bond donors (Lipinski definition) is 3. The summed E-state index contributed by atoms with van der Waals surface area (Å²) in [6.07, 6.45) is 0. The molecule has 0 saturated carbocycles. The van der Waals surface area contributed by atoms with E-state index in [1.165, 1.54) is 0 Å². The quantitative estimate of drug-likeness (QED) is 0.633. The van der Waals surface area contributed by atoms with Gasteiger partial charge in [-0.05, 0) is 12.3 Å². The van der Waals surface area contributed by atoms with Crippen LogP contribution in [0.3, 0.4) is 0 Å². The van der Waals surface area contributed by atoms with Crippen molar-refractivity contribution in [3.05, 3.63) is 0 Å². The van der Waals surface area contributed by atoms with Crippen LogP contribution in [0.25, 0.3) is 0 Å². The van der Waals surface area contributed by atoms with E-state index in [1.807, 2.05) is 0 Å². The van der Waals surface area contributed by atoms with Crippen molar-refractivity contribution in [3.63, 3.8) is 0 Å². The number of carbonyl (C=O) groups is 2. The monoisotopic (exact) mass is 202 g/mol. The molecule has 2 amide bonds. The molecule has 0 radical (unpaired) electrons. The van der Waals surface area contributed by atoms with Crippen molar-refractivity contribution in [2.45, 2.75) is 33.7 Å². The largest absolute Gasteiger partial charge is 0.480 e. The normalized spacial score (nSPS) is 13.1. The predicted octanol–water partition coefficient (Wildman–Crippen LogP) is 0.805. The van der Waals surface area contributed by atoms with Gasteiger partial charge in [-0.3, -0.25) is 0 Å². The number of urea groups is 1. The molecular weight excluding hydrogens is 184 g/mol. The lowest BCUT2D eigenvalue weighted by Crippen LogP contribution is -2.52.